The molecule has 164 valence electrons. The summed E-state index contributed by atoms with van der Waals surface area (Å²) in [6.07, 6.45) is 1.93. The molecule has 2 aromatic carbocycles. The summed E-state index contributed by atoms with van der Waals surface area (Å²) in [6, 6.07) is 15.3. The molecule has 0 spiro atoms. The monoisotopic (exact) mass is 466 g/mol. The summed E-state index contributed by atoms with van der Waals surface area (Å²) >= 11 is 7.41. The highest BCUT2D eigenvalue weighted by Crippen LogP contribution is 2.32. The summed E-state index contributed by atoms with van der Waals surface area (Å²) in [6.45, 7) is 4.66. The fourth-order valence-corrected chi connectivity index (χ4v) is 4.31. The molecule has 0 radical (unpaired) electrons. The van der Waals surface area contributed by atoms with Crippen molar-refractivity contribution in [1.29, 1.82) is 0 Å². The predicted molar refractivity (Wildman–Crippen MR) is 129 cm³/mol. The Bertz CT molecular complexity index is 1250. The molecule has 0 fully saturated rings. The zero-order chi connectivity index (χ0) is 22.7. The second-order valence-corrected chi connectivity index (χ2v) is 8.65. The molecule has 0 saturated carbocycles. The SMILES string of the molecule is CCn1c(SCC(=O)Nc2ccccc2C)nnc1-c1cn(C)nc1-c1ccc(Cl)cc1. The molecule has 1 N–H and O–H groups in total. The Labute approximate surface area is 195 Å². The highest BCUT2D eigenvalue weighted by atomic mass is 35.5. The Hall–Kier alpha value is -3.10. The van der Waals surface area contributed by atoms with E-state index >= 15 is 0 Å². The van der Waals surface area contributed by atoms with Gasteiger partial charge in [-0.1, -0.05) is 53.7 Å². The normalized spacial score (nSPS) is 11.0. The standard InChI is InChI=1S/C23H23ClN6OS/c1-4-30-22(18-13-29(3)28-21(18)16-9-11-17(24)12-10-16)26-27-23(30)32-14-20(31)25-19-8-6-5-7-15(19)2/h5-13H,4,14H2,1-3H3,(H,25,31). The summed E-state index contributed by atoms with van der Waals surface area (Å²) in [5, 5.41) is 17.7. The predicted octanol–water partition coefficient (Wildman–Crippen LogP) is 5.06. The number of nitrogens with one attached hydrogen (secondary N) is 1. The molecule has 32 heavy (non-hydrogen) atoms. The number of para-hydroxylation sites is 1. The van der Waals surface area contributed by atoms with Crippen LogP contribution in [0.4, 0.5) is 5.69 Å². The van der Waals surface area contributed by atoms with Crippen LogP contribution in [0.2, 0.25) is 5.02 Å². The average Bonchev–Trinajstić information content (AvgIpc) is 3.37. The minimum atomic E-state index is -0.0836. The maximum Gasteiger partial charge on any atom is 0.234 e. The zero-order valence-corrected chi connectivity index (χ0v) is 19.6. The number of benzene rings is 2. The molecule has 0 atom stereocenters. The second kappa shape index (κ2) is 9.58. The molecular formula is C23H23ClN6OS. The van der Waals surface area contributed by atoms with Crippen LogP contribution >= 0.6 is 23.4 Å². The fraction of sp³-hybridized carbons (Fsp3) is 0.217. The van der Waals surface area contributed by atoms with Gasteiger partial charge in [0.15, 0.2) is 11.0 Å². The van der Waals surface area contributed by atoms with Gasteiger partial charge in [0, 0.05) is 36.1 Å². The van der Waals surface area contributed by atoms with Gasteiger partial charge in [0.25, 0.3) is 0 Å². The van der Waals surface area contributed by atoms with E-state index in [4.69, 9.17) is 11.6 Å². The van der Waals surface area contributed by atoms with Crippen molar-refractivity contribution in [2.75, 3.05) is 11.1 Å². The molecule has 1 amide bonds. The smallest absolute Gasteiger partial charge is 0.234 e. The number of halogens is 1. The minimum Gasteiger partial charge on any atom is -0.325 e. The van der Waals surface area contributed by atoms with Gasteiger partial charge in [-0.25, -0.2) is 0 Å². The third-order valence-electron chi connectivity index (χ3n) is 4.97. The van der Waals surface area contributed by atoms with E-state index < -0.39 is 0 Å². The molecule has 2 aromatic heterocycles. The first-order chi connectivity index (χ1) is 15.5. The summed E-state index contributed by atoms with van der Waals surface area (Å²) < 4.78 is 3.76. The Morgan fingerprint density at radius 2 is 1.88 bits per heavy atom. The number of nitrogens with zero attached hydrogens (tertiary/aromatic N) is 5. The summed E-state index contributed by atoms with van der Waals surface area (Å²) in [5.41, 5.74) is 4.47. The molecule has 0 aliphatic carbocycles. The maximum absolute atomic E-state index is 12.5. The van der Waals surface area contributed by atoms with Gasteiger partial charge in [-0.15, -0.1) is 10.2 Å². The number of anilines is 1. The molecule has 2 heterocycles. The van der Waals surface area contributed by atoms with Gasteiger partial charge < -0.3 is 9.88 Å². The molecule has 9 heteroatoms. The lowest BCUT2D eigenvalue weighted by Crippen LogP contribution is -2.15. The molecule has 0 saturated heterocycles. The Balaban J connectivity index is 1.56. The van der Waals surface area contributed by atoms with Crippen molar-refractivity contribution in [3.63, 3.8) is 0 Å². The molecule has 7 nitrogen and oxygen atoms in total. The van der Waals surface area contributed by atoms with E-state index in [1.807, 2.05) is 80.2 Å². The van der Waals surface area contributed by atoms with E-state index in [-0.39, 0.29) is 11.7 Å². The van der Waals surface area contributed by atoms with Gasteiger partial charge in [-0.05, 0) is 37.6 Å². The lowest BCUT2D eigenvalue weighted by atomic mass is 10.1. The van der Waals surface area contributed by atoms with Gasteiger partial charge >= 0.3 is 0 Å². The van der Waals surface area contributed by atoms with Crippen LogP contribution in [-0.4, -0.2) is 36.2 Å². The van der Waals surface area contributed by atoms with E-state index in [1.165, 1.54) is 11.8 Å². The minimum absolute atomic E-state index is 0.0836. The van der Waals surface area contributed by atoms with E-state index in [0.29, 0.717) is 22.5 Å². The number of aryl methyl sites for hydroxylation is 2. The fourth-order valence-electron chi connectivity index (χ4n) is 3.38. The third kappa shape index (κ3) is 4.71. The lowest BCUT2D eigenvalue weighted by molar-refractivity contribution is -0.113. The third-order valence-corrected chi connectivity index (χ3v) is 6.19. The lowest BCUT2D eigenvalue weighted by Gasteiger charge is -2.09. The van der Waals surface area contributed by atoms with Crippen molar-refractivity contribution >= 4 is 35.0 Å². The zero-order valence-electron chi connectivity index (χ0n) is 18.0. The van der Waals surface area contributed by atoms with Crippen molar-refractivity contribution in [2.24, 2.45) is 7.05 Å². The first kappa shape index (κ1) is 22.1. The van der Waals surface area contributed by atoms with Crippen LogP contribution in [0.1, 0.15) is 12.5 Å². The van der Waals surface area contributed by atoms with Crippen LogP contribution in [0.3, 0.4) is 0 Å². The number of rotatable bonds is 7. The largest absolute Gasteiger partial charge is 0.325 e. The molecule has 0 bridgehead atoms. The molecule has 0 aliphatic heterocycles. The van der Waals surface area contributed by atoms with E-state index in [1.54, 1.807) is 4.68 Å². The van der Waals surface area contributed by atoms with E-state index in [0.717, 1.165) is 28.1 Å². The number of thioether (sulfide) groups is 1. The summed E-state index contributed by atoms with van der Waals surface area (Å²) in [5.74, 6) is 0.871. The molecular weight excluding hydrogens is 444 g/mol. The molecule has 4 aromatic rings. The first-order valence-electron chi connectivity index (χ1n) is 10.2. The van der Waals surface area contributed by atoms with Gasteiger partial charge in [0.05, 0.1) is 11.3 Å². The van der Waals surface area contributed by atoms with Crippen molar-refractivity contribution in [2.45, 2.75) is 25.5 Å². The Morgan fingerprint density at radius 1 is 1.12 bits per heavy atom. The molecule has 0 unspecified atom stereocenters. The summed E-state index contributed by atoms with van der Waals surface area (Å²) in [4.78, 5) is 12.5. The van der Waals surface area contributed by atoms with Crippen molar-refractivity contribution in [3.05, 3.63) is 65.3 Å². The van der Waals surface area contributed by atoms with Crippen LogP contribution in [-0.2, 0) is 18.4 Å². The highest BCUT2D eigenvalue weighted by molar-refractivity contribution is 7.99. The average molecular weight is 467 g/mol. The van der Waals surface area contributed by atoms with Crippen molar-refractivity contribution in [3.8, 4) is 22.6 Å². The number of aromatic nitrogens is 5. The van der Waals surface area contributed by atoms with Gasteiger partial charge in [0.1, 0.15) is 5.69 Å². The van der Waals surface area contributed by atoms with Crippen LogP contribution in [0, 0.1) is 6.92 Å². The van der Waals surface area contributed by atoms with Crippen LogP contribution in [0.5, 0.6) is 0 Å². The topological polar surface area (TPSA) is 77.6 Å². The number of amides is 1. The number of hydrogen-bond donors (Lipinski definition) is 1. The van der Waals surface area contributed by atoms with Crippen LogP contribution < -0.4 is 5.32 Å². The number of carbonyl (C=O) groups excluding carboxylic acids is 1. The quantitative estimate of drug-likeness (QED) is 0.385. The second-order valence-electron chi connectivity index (χ2n) is 7.27. The van der Waals surface area contributed by atoms with Gasteiger partial charge in [0.2, 0.25) is 5.91 Å². The maximum atomic E-state index is 12.5. The Kier molecular flexibility index (Phi) is 6.62. The number of hydrogen-bond acceptors (Lipinski definition) is 5. The van der Waals surface area contributed by atoms with Crippen molar-refractivity contribution in [1.82, 2.24) is 24.5 Å². The molecule has 4 rings (SSSR count). The van der Waals surface area contributed by atoms with E-state index in [2.05, 4.69) is 20.6 Å². The van der Waals surface area contributed by atoms with Crippen LogP contribution in [0.25, 0.3) is 22.6 Å². The first-order valence-corrected chi connectivity index (χ1v) is 11.5. The van der Waals surface area contributed by atoms with Gasteiger partial charge in [-0.3, -0.25) is 9.48 Å². The molecule has 0 aliphatic rings. The Morgan fingerprint density at radius 3 is 2.59 bits per heavy atom. The van der Waals surface area contributed by atoms with Crippen LogP contribution in [0.15, 0.2) is 59.9 Å². The summed E-state index contributed by atoms with van der Waals surface area (Å²) in [7, 11) is 1.88. The van der Waals surface area contributed by atoms with Gasteiger partial charge in [-0.2, -0.15) is 5.10 Å². The van der Waals surface area contributed by atoms with Crippen molar-refractivity contribution < 1.29 is 4.79 Å². The van der Waals surface area contributed by atoms with E-state index in [9.17, 15) is 4.79 Å². The highest BCUT2D eigenvalue weighted by Gasteiger charge is 2.20. The number of carbonyl (C=O) groups is 1.